The lowest BCUT2D eigenvalue weighted by Crippen LogP contribution is -2.56. The van der Waals surface area contributed by atoms with Gasteiger partial charge < -0.3 is 24.6 Å². The van der Waals surface area contributed by atoms with Crippen molar-refractivity contribution in [1.82, 2.24) is 15.2 Å². The highest BCUT2D eigenvalue weighted by atomic mass is 32.1. The Morgan fingerprint density at radius 1 is 1.09 bits per heavy atom. The molecular formula is C25H34N4O4S. The molecule has 2 aliphatic heterocycles. The number of piperazine rings is 1. The number of anilines is 1. The van der Waals surface area contributed by atoms with E-state index in [-0.39, 0.29) is 30.1 Å². The number of nitrogens with zero attached hydrogens (tertiary/aromatic N) is 3. The number of rotatable bonds is 4. The number of methoxy groups -OCH3 is 1. The van der Waals surface area contributed by atoms with Crippen molar-refractivity contribution in [3.05, 3.63) is 17.7 Å². The molecule has 2 bridgehead atoms. The summed E-state index contributed by atoms with van der Waals surface area (Å²) in [6, 6.07) is 4.41. The summed E-state index contributed by atoms with van der Waals surface area (Å²) in [6.45, 7) is 6.95. The number of thiazole rings is 1. The molecule has 2 amide bonds. The third-order valence-electron chi connectivity index (χ3n) is 6.99. The monoisotopic (exact) mass is 486 g/mol. The number of hydrogen-bond donors (Lipinski definition) is 1. The zero-order valence-corrected chi connectivity index (χ0v) is 21.2. The van der Waals surface area contributed by atoms with Gasteiger partial charge in [-0.3, -0.25) is 4.79 Å². The highest BCUT2D eigenvalue weighted by Crippen LogP contribution is 2.42. The zero-order chi connectivity index (χ0) is 24.0. The number of ether oxygens (including phenoxy) is 2. The number of carbonyl (C=O) groups is 2. The topological polar surface area (TPSA) is 84.0 Å². The van der Waals surface area contributed by atoms with Crippen LogP contribution in [-0.4, -0.2) is 65.8 Å². The molecule has 2 aromatic rings. The van der Waals surface area contributed by atoms with Gasteiger partial charge in [0.05, 0.1) is 22.9 Å². The molecule has 3 heterocycles. The number of aromatic nitrogens is 1. The highest BCUT2D eigenvalue weighted by molar-refractivity contribution is 7.22. The van der Waals surface area contributed by atoms with Gasteiger partial charge in [-0.1, -0.05) is 24.2 Å². The number of benzene rings is 1. The number of amides is 2. The largest absolute Gasteiger partial charge is 0.494 e. The van der Waals surface area contributed by atoms with Crippen molar-refractivity contribution in [2.75, 3.05) is 25.1 Å². The fraction of sp³-hybridized carbons (Fsp3) is 0.640. The molecular weight excluding hydrogens is 452 g/mol. The van der Waals surface area contributed by atoms with Crippen molar-refractivity contribution in [3.8, 4) is 5.75 Å². The molecule has 34 heavy (non-hydrogen) atoms. The van der Waals surface area contributed by atoms with Crippen LogP contribution in [0.5, 0.6) is 5.75 Å². The molecule has 3 fully saturated rings. The van der Waals surface area contributed by atoms with Gasteiger partial charge >= 0.3 is 6.09 Å². The average molecular weight is 487 g/mol. The van der Waals surface area contributed by atoms with E-state index in [4.69, 9.17) is 14.5 Å². The van der Waals surface area contributed by atoms with Crippen molar-refractivity contribution >= 4 is 38.7 Å². The van der Waals surface area contributed by atoms with E-state index < -0.39 is 5.60 Å². The number of hydrogen-bond acceptors (Lipinski definition) is 7. The van der Waals surface area contributed by atoms with Gasteiger partial charge in [0.2, 0.25) is 0 Å². The van der Waals surface area contributed by atoms with Gasteiger partial charge in [0.25, 0.3) is 5.91 Å². The molecule has 2 atom stereocenters. The van der Waals surface area contributed by atoms with E-state index in [2.05, 4.69) is 10.2 Å². The predicted octanol–water partition coefficient (Wildman–Crippen LogP) is 4.57. The summed E-state index contributed by atoms with van der Waals surface area (Å²) in [6.07, 6.45) is 6.22. The number of fused-ring (bicyclic) bond motifs is 3. The first-order valence-electron chi connectivity index (χ1n) is 12.3. The number of nitrogens with one attached hydrogen (secondary N) is 1. The van der Waals surface area contributed by atoms with E-state index in [0.717, 1.165) is 41.0 Å². The van der Waals surface area contributed by atoms with Crippen LogP contribution in [0.1, 0.15) is 69.7 Å². The molecule has 2 unspecified atom stereocenters. The molecule has 184 valence electrons. The van der Waals surface area contributed by atoms with Gasteiger partial charge in [0.1, 0.15) is 5.60 Å². The Bertz CT molecular complexity index is 1070. The molecule has 8 nitrogen and oxygen atoms in total. The average Bonchev–Trinajstić information content (AvgIpc) is 3.49. The SMILES string of the molecule is COc1c(C(=O)NC2CCCC2)ccc2nc(N3C4CCC3CN(C(=O)OC(C)(C)C)C4)sc12. The Labute approximate surface area is 204 Å². The first-order chi connectivity index (χ1) is 16.2. The highest BCUT2D eigenvalue weighted by Gasteiger charge is 2.43. The molecule has 3 aliphatic rings. The lowest BCUT2D eigenvalue weighted by molar-refractivity contribution is 0.0209. The van der Waals surface area contributed by atoms with Gasteiger partial charge in [-0.2, -0.15) is 0 Å². The van der Waals surface area contributed by atoms with Crippen molar-refractivity contribution in [2.24, 2.45) is 0 Å². The first-order valence-corrected chi connectivity index (χ1v) is 13.1. The number of likely N-dealkylation sites (tertiary alicyclic amines) is 1. The third-order valence-corrected chi connectivity index (χ3v) is 8.08. The van der Waals surface area contributed by atoms with Crippen molar-refractivity contribution in [3.63, 3.8) is 0 Å². The molecule has 5 rings (SSSR count). The van der Waals surface area contributed by atoms with Crippen LogP contribution < -0.4 is 15.0 Å². The molecule has 0 radical (unpaired) electrons. The van der Waals surface area contributed by atoms with Crippen molar-refractivity contribution < 1.29 is 19.1 Å². The molecule has 0 spiro atoms. The maximum absolute atomic E-state index is 13.0. The zero-order valence-electron chi connectivity index (χ0n) is 20.4. The van der Waals surface area contributed by atoms with Crippen LogP contribution in [0, 0.1) is 0 Å². The maximum Gasteiger partial charge on any atom is 0.410 e. The Morgan fingerprint density at radius 3 is 2.38 bits per heavy atom. The summed E-state index contributed by atoms with van der Waals surface area (Å²) >= 11 is 1.57. The minimum atomic E-state index is -0.501. The van der Waals surface area contributed by atoms with Crippen LogP contribution in [0.3, 0.4) is 0 Å². The summed E-state index contributed by atoms with van der Waals surface area (Å²) in [7, 11) is 1.61. The van der Waals surface area contributed by atoms with Gasteiger partial charge in [0, 0.05) is 31.2 Å². The second-order valence-corrected chi connectivity index (χ2v) is 11.6. The number of carbonyl (C=O) groups excluding carboxylic acids is 2. The van der Waals surface area contributed by atoms with Crippen molar-refractivity contribution in [1.29, 1.82) is 0 Å². The molecule has 9 heteroatoms. The lowest BCUT2D eigenvalue weighted by atomic mass is 10.1. The van der Waals surface area contributed by atoms with E-state index in [1.54, 1.807) is 18.4 Å². The fourth-order valence-electron chi connectivity index (χ4n) is 5.47. The second kappa shape index (κ2) is 8.91. The Morgan fingerprint density at radius 2 is 1.76 bits per heavy atom. The van der Waals surface area contributed by atoms with Crippen LogP contribution in [0.4, 0.5) is 9.93 Å². The normalized spacial score (nSPS) is 22.9. The van der Waals surface area contributed by atoms with Gasteiger partial charge in [-0.05, 0) is 58.6 Å². The summed E-state index contributed by atoms with van der Waals surface area (Å²) in [5, 5.41) is 4.09. The standard InChI is InChI=1S/C25H34N4O4S/c1-25(2,3)33-24(31)28-13-16-9-10-17(14-28)29(16)23-27-19-12-11-18(20(32-4)21(19)34-23)22(30)26-15-7-5-6-8-15/h11-12,15-17H,5-10,13-14H2,1-4H3,(H,26,30). The fourth-order valence-corrected chi connectivity index (χ4v) is 6.71. The van der Waals surface area contributed by atoms with Crippen LogP contribution in [0.25, 0.3) is 10.2 Å². The van der Waals surface area contributed by atoms with Crippen molar-refractivity contribution in [2.45, 2.75) is 83.0 Å². The minimum absolute atomic E-state index is 0.0772. The lowest BCUT2D eigenvalue weighted by Gasteiger charge is -2.41. The maximum atomic E-state index is 13.0. The van der Waals surface area contributed by atoms with Gasteiger partial charge in [0.15, 0.2) is 10.9 Å². The Hall–Kier alpha value is -2.55. The predicted molar refractivity (Wildman–Crippen MR) is 133 cm³/mol. The summed E-state index contributed by atoms with van der Waals surface area (Å²) in [5.41, 5.74) is 0.900. The molecule has 1 aromatic heterocycles. The second-order valence-electron chi connectivity index (χ2n) is 10.6. The minimum Gasteiger partial charge on any atom is -0.494 e. The van der Waals surface area contributed by atoms with E-state index in [9.17, 15) is 9.59 Å². The van der Waals surface area contributed by atoms with Gasteiger partial charge in [-0.25, -0.2) is 9.78 Å². The summed E-state index contributed by atoms with van der Waals surface area (Å²) in [5.74, 6) is 0.517. The van der Waals surface area contributed by atoms with Crippen LogP contribution in [0.15, 0.2) is 12.1 Å². The smallest absolute Gasteiger partial charge is 0.410 e. The van der Waals surface area contributed by atoms with Gasteiger partial charge in [-0.15, -0.1) is 0 Å². The molecule has 2 saturated heterocycles. The van der Waals surface area contributed by atoms with Crippen LogP contribution in [0.2, 0.25) is 0 Å². The third kappa shape index (κ3) is 4.42. The molecule has 1 aromatic carbocycles. The van der Waals surface area contributed by atoms with Crippen LogP contribution >= 0.6 is 11.3 Å². The van der Waals surface area contributed by atoms with Crippen LogP contribution in [-0.2, 0) is 4.74 Å². The first kappa shape index (κ1) is 23.2. The van der Waals surface area contributed by atoms with E-state index >= 15 is 0 Å². The van der Waals surface area contributed by atoms with E-state index in [1.165, 1.54) is 12.8 Å². The van der Waals surface area contributed by atoms with E-state index in [1.807, 2.05) is 37.8 Å². The molecule has 1 N–H and O–H groups in total. The Kier molecular flexibility index (Phi) is 6.08. The molecule has 1 aliphatic carbocycles. The molecule has 1 saturated carbocycles. The van der Waals surface area contributed by atoms with E-state index in [0.29, 0.717) is 24.4 Å². The quantitative estimate of drug-likeness (QED) is 0.682. The Balaban J connectivity index is 1.37. The summed E-state index contributed by atoms with van der Waals surface area (Å²) < 4.78 is 12.2. The summed E-state index contributed by atoms with van der Waals surface area (Å²) in [4.78, 5) is 34.7.